The third-order valence-corrected chi connectivity index (χ3v) is 8.05. The third kappa shape index (κ3) is 4.89. The zero-order chi connectivity index (χ0) is 20.8. The third-order valence-electron chi connectivity index (χ3n) is 5.47. The van der Waals surface area contributed by atoms with Gasteiger partial charge in [0, 0.05) is 22.1 Å². The van der Waals surface area contributed by atoms with Gasteiger partial charge in [-0.05, 0) is 34.1 Å². The van der Waals surface area contributed by atoms with E-state index in [0.29, 0.717) is 5.54 Å². The van der Waals surface area contributed by atoms with Crippen molar-refractivity contribution in [2.24, 2.45) is 5.41 Å². The van der Waals surface area contributed by atoms with Gasteiger partial charge in [0.25, 0.3) is 0 Å². The largest absolute Gasteiger partial charge is 0.496 e. The molecule has 3 heteroatoms. The molecule has 0 fully saturated rings. The van der Waals surface area contributed by atoms with Gasteiger partial charge < -0.3 is 4.74 Å². The highest BCUT2D eigenvalue weighted by Gasteiger charge is 2.36. The molecule has 2 rings (SSSR count). The Kier molecular flexibility index (Phi) is 6.15. The van der Waals surface area contributed by atoms with Crippen molar-refractivity contribution in [2.45, 2.75) is 78.1 Å². The van der Waals surface area contributed by atoms with Crippen LogP contribution in [0.15, 0.2) is 35.9 Å². The predicted octanol–water partition coefficient (Wildman–Crippen LogP) is 7.98. The van der Waals surface area contributed by atoms with Crippen molar-refractivity contribution in [1.29, 1.82) is 0 Å². The van der Waals surface area contributed by atoms with E-state index in [1.165, 1.54) is 16.7 Å². The van der Waals surface area contributed by atoms with Gasteiger partial charge in [0.15, 0.2) is 0 Å². The molecule has 150 valence electrons. The van der Waals surface area contributed by atoms with Crippen LogP contribution in [0.3, 0.4) is 0 Å². The number of methoxy groups -OCH3 is 1. The van der Waals surface area contributed by atoms with Crippen LogP contribution in [0.1, 0.15) is 58.6 Å². The van der Waals surface area contributed by atoms with Crippen LogP contribution in [0.4, 0.5) is 0 Å². The summed E-state index contributed by atoms with van der Waals surface area (Å²) in [5.41, 5.74) is 4.38. The van der Waals surface area contributed by atoms with Crippen LogP contribution in [0.5, 0.6) is 5.75 Å². The van der Waals surface area contributed by atoms with Crippen molar-refractivity contribution < 1.29 is 4.74 Å². The fraction of sp³-hybridized carbons (Fsp3) is 0.583. The standard InChI is InChI=1S/C24H37ClOSi/c1-23(2,3)20-15-17(25)14-19(22(20)26-7)21(24(4,5)6)16-11-12-18(13-16)27(8,9)10/h11-15,18,21H,1-10H3. The summed E-state index contributed by atoms with van der Waals surface area (Å²) in [5, 5.41) is 0.786. The van der Waals surface area contributed by atoms with Crippen molar-refractivity contribution in [1.82, 2.24) is 0 Å². The molecule has 0 aliphatic heterocycles. The number of rotatable bonds is 4. The summed E-state index contributed by atoms with van der Waals surface area (Å²) in [6.07, 6.45) is 7.25. The summed E-state index contributed by atoms with van der Waals surface area (Å²) in [6.45, 7) is 20.9. The number of halogens is 1. The molecular formula is C24H37ClOSi. The quantitative estimate of drug-likeness (QED) is 0.462. The molecule has 1 aliphatic carbocycles. The number of hydrogen-bond donors (Lipinski definition) is 0. The second-order valence-corrected chi connectivity index (χ2v) is 16.9. The monoisotopic (exact) mass is 404 g/mol. The van der Waals surface area contributed by atoms with Crippen molar-refractivity contribution in [3.63, 3.8) is 0 Å². The Morgan fingerprint density at radius 1 is 1.04 bits per heavy atom. The molecule has 2 atom stereocenters. The fourth-order valence-electron chi connectivity index (χ4n) is 4.02. The van der Waals surface area contributed by atoms with Crippen LogP contribution >= 0.6 is 11.6 Å². The second-order valence-electron chi connectivity index (χ2n) is 11.0. The van der Waals surface area contributed by atoms with Crippen LogP contribution in [-0.2, 0) is 5.41 Å². The summed E-state index contributed by atoms with van der Waals surface area (Å²) in [4.78, 5) is 0. The SMILES string of the molecule is COc1c(C(C2=CC([Si](C)(C)C)C=C2)C(C)(C)C)cc(Cl)cc1C(C)(C)C. The van der Waals surface area contributed by atoms with Gasteiger partial charge in [-0.2, -0.15) is 0 Å². The Hall–Kier alpha value is -0.993. The molecule has 0 spiro atoms. The number of benzene rings is 1. The maximum atomic E-state index is 6.60. The molecule has 0 radical (unpaired) electrons. The van der Waals surface area contributed by atoms with E-state index >= 15 is 0 Å². The molecule has 1 nitrogen and oxygen atoms in total. The molecular weight excluding hydrogens is 368 g/mol. The van der Waals surface area contributed by atoms with E-state index in [1.807, 2.05) is 0 Å². The summed E-state index contributed by atoms with van der Waals surface area (Å²) < 4.78 is 5.99. The van der Waals surface area contributed by atoms with Gasteiger partial charge in [0.05, 0.1) is 15.2 Å². The summed E-state index contributed by atoms with van der Waals surface area (Å²) in [6, 6.07) is 4.18. The summed E-state index contributed by atoms with van der Waals surface area (Å²) in [5.74, 6) is 1.22. The first-order valence-corrected chi connectivity index (χ1v) is 13.9. The van der Waals surface area contributed by atoms with Crippen LogP contribution in [0, 0.1) is 5.41 Å². The van der Waals surface area contributed by atoms with Gasteiger partial charge in [-0.3, -0.25) is 0 Å². The van der Waals surface area contributed by atoms with E-state index in [-0.39, 0.29) is 16.7 Å². The Balaban J connectivity index is 2.71. The molecule has 0 N–H and O–H groups in total. The molecule has 1 aliphatic rings. The molecule has 0 saturated carbocycles. The molecule has 1 aromatic carbocycles. The minimum absolute atomic E-state index is 0.0335. The van der Waals surface area contributed by atoms with E-state index in [2.05, 4.69) is 91.5 Å². The average molecular weight is 405 g/mol. The lowest BCUT2D eigenvalue weighted by Gasteiger charge is -2.35. The van der Waals surface area contributed by atoms with Crippen LogP contribution < -0.4 is 4.74 Å². The lowest BCUT2D eigenvalue weighted by atomic mass is 9.71. The minimum atomic E-state index is -1.27. The Labute approximate surface area is 172 Å². The van der Waals surface area contributed by atoms with E-state index in [4.69, 9.17) is 16.3 Å². The maximum absolute atomic E-state index is 6.60. The maximum Gasteiger partial charge on any atom is 0.126 e. The average Bonchev–Trinajstić information content (AvgIpc) is 2.94. The van der Waals surface area contributed by atoms with Gasteiger partial charge in [-0.25, -0.2) is 0 Å². The van der Waals surface area contributed by atoms with Crippen LogP contribution in [0.2, 0.25) is 30.2 Å². The van der Waals surface area contributed by atoms with Crippen molar-refractivity contribution >= 4 is 19.7 Å². The molecule has 0 bridgehead atoms. The predicted molar refractivity (Wildman–Crippen MR) is 123 cm³/mol. The molecule has 0 saturated heterocycles. The highest BCUT2D eigenvalue weighted by molar-refractivity contribution is 6.78. The Bertz CT molecular complexity index is 754. The first kappa shape index (κ1) is 22.3. The van der Waals surface area contributed by atoms with Crippen LogP contribution in [-0.4, -0.2) is 15.2 Å². The van der Waals surface area contributed by atoms with E-state index < -0.39 is 8.07 Å². The first-order valence-electron chi connectivity index (χ1n) is 9.94. The fourth-order valence-corrected chi connectivity index (χ4v) is 5.62. The van der Waals surface area contributed by atoms with Crippen molar-refractivity contribution in [2.75, 3.05) is 7.11 Å². The van der Waals surface area contributed by atoms with Gasteiger partial charge in [0.2, 0.25) is 0 Å². The molecule has 0 amide bonds. The van der Waals surface area contributed by atoms with Gasteiger partial charge in [0.1, 0.15) is 5.75 Å². The van der Waals surface area contributed by atoms with E-state index in [1.54, 1.807) is 7.11 Å². The van der Waals surface area contributed by atoms with Crippen molar-refractivity contribution in [3.8, 4) is 5.75 Å². The van der Waals surface area contributed by atoms with Crippen molar-refractivity contribution in [3.05, 3.63) is 52.1 Å². The molecule has 27 heavy (non-hydrogen) atoms. The van der Waals surface area contributed by atoms with Crippen LogP contribution in [0.25, 0.3) is 0 Å². The molecule has 2 unspecified atom stereocenters. The Morgan fingerprint density at radius 3 is 2.04 bits per heavy atom. The highest BCUT2D eigenvalue weighted by atomic mass is 35.5. The van der Waals surface area contributed by atoms with E-state index in [9.17, 15) is 0 Å². The summed E-state index contributed by atoms with van der Waals surface area (Å²) in [7, 11) is 0.517. The second kappa shape index (κ2) is 7.44. The lowest BCUT2D eigenvalue weighted by Crippen LogP contribution is -2.25. The minimum Gasteiger partial charge on any atom is -0.496 e. The zero-order valence-electron chi connectivity index (χ0n) is 18.8. The van der Waals surface area contributed by atoms with Gasteiger partial charge >= 0.3 is 0 Å². The molecule has 0 aromatic heterocycles. The first-order chi connectivity index (χ1) is 12.2. The zero-order valence-corrected chi connectivity index (χ0v) is 20.6. The lowest BCUT2D eigenvalue weighted by molar-refractivity contribution is 0.336. The molecule has 1 aromatic rings. The number of ether oxygens (including phenoxy) is 1. The van der Waals surface area contributed by atoms with Gasteiger partial charge in [-0.15, -0.1) is 0 Å². The van der Waals surface area contributed by atoms with E-state index in [0.717, 1.165) is 10.8 Å². The summed E-state index contributed by atoms with van der Waals surface area (Å²) >= 11 is 6.60. The Morgan fingerprint density at radius 2 is 1.63 bits per heavy atom. The smallest absolute Gasteiger partial charge is 0.126 e. The van der Waals surface area contributed by atoms with Gasteiger partial charge in [-0.1, -0.05) is 91.0 Å². The highest BCUT2D eigenvalue weighted by Crippen LogP contribution is 2.50. The molecule has 0 heterocycles. The normalized spacial score (nSPS) is 19.2. The number of allylic oxidation sites excluding steroid dienone is 4. The number of hydrogen-bond acceptors (Lipinski definition) is 1. The topological polar surface area (TPSA) is 9.23 Å².